The first-order valence-electron chi connectivity index (χ1n) is 11.3. The molecular weight excluding hydrogens is 420 g/mol. The molecular formula is C25H42O4Si2. The zero-order chi connectivity index (χ0) is 23.7. The highest BCUT2D eigenvalue weighted by Gasteiger charge is 2.48. The van der Waals surface area contributed by atoms with Gasteiger partial charge in [-0.25, -0.2) is 4.79 Å². The molecule has 0 saturated heterocycles. The smallest absolute Gasteiger partial charge is 0.330 e. The van der Waals surface area contributed by atoms with Gasteiger partial charge < -0.3 is 13.6 Å². The highest BCUT2D eigenvalue weighted by atomic mass is 28.4. The Morgan fingerprint density at radius 2 is 1.42 bits per heavy atom. The first-order valence-corrected chi connectivity index (χ1v) is 17.1. The third-order valence-corrected chi connectivity index (χ3v) is 16.1. The topological polar surface area (TPSA) is 44.8 Å². The number of benzene rings is 1. The minimum atomic E-state index is -2.17. The van der Waals surface area contributed by atoms with Gasteiger partial charge in [0.15, 0.2) is 16.6 Å². The average molecular weight is 463 g/mol. The summed E-state index contributed by atoms with van der Waals surface area (Å²) < 4.78 is 19.8. The van der Waals surface area contributed by atoms with Crippen molar-refractivity contribution in [3.63, 3.8) is 0 Å². The number of rotatable bonds is 7. The van der Waals surface area contributed by atoms with Crippen molar-refractivity contribution in [2.45, 2.75) is 103 Å². The van der Waals surface area contributed by atoms with Crippen molar-refractivity contribution < 1.29 is 18.4 Å². The van der Waals surface area contributed by atoms with E-state index in [-0.39, 0.29) is 34.4 Å². The van der Waals surface area contributed by atoms with E-state index in [4.69, 9.17) is 13.6 Å². The van der Waals surface area contributed by atoms with E-state index in [1.807, 2.05) is 24.3 Å². The molecule has 0 radical (unpaired) electrons. The molecule has 1 aromatic carbocycles. The van der Waals surface area contributed by atoms with Gasteiger partial charge in [-0.3, -0.25) is 0 Å². The second kappa shape index (κ2) is 9.34. The standard InChI is InChI=1S/C25H42O4Si2/c1-24(2,3)30(7,8)28-22(19-15-12-11-13-16-19)23(20-17-14-18-21(26)27-20)29-31(9,10)25(4,5)6/h11-16,18,20,22-23H,17H2,1-10H3/t20-,22+,23-/m0/s1. The normalized spacial score (nSPS) is 20.3. The molecule has 1 aliphatic heterocycles. The maximum absolute atomic E-state index is 12.2. The van der Waals surface area contributed by atoms with Crippen LogP contribution in [0.1, 0.15) is 59.6 Å². The van der Waals surface area contributed by atoms with E-state index in [9.17, 15) is 4.79 Å². The lowest BCUT2D eigenvalue weighted by atomic mass is 9.97. The Morgan fingerprint density at radius 3 is 1.90 bits per heavy atom. The maximum Gasteiger partial charge on any atom is 0.330 e. The molecule has 0 aromatic heterocycles. The Kier molecular flexibility index (Phi) is 7.84. The predicted molar refractivity (Wildman–Crippen MR) is 133 cm³/mol. The van der Waals surface area contributed by atoms with E-state index in [1.54, 1.807) is 0 Å². The van der Waals surface area contributed by atoms with Crippen molar-refractivity contribution in [2.24, 2.45) is 0 Å². The van der Waals surface area contributed by atoms with Crippen LogP contribution in [0.15, 0.2) is 42.5 Å². The van der Waals surface area contributed by atoms with Crippen molar-refractivity contribution in [1.29, 1.82) is 0 Å². The van der Waals surface area contributed by atoms with Crippen LogP contribution in [0.3, 0.4) is 0 Å². The maximum atomic E-state index is 12.2. The van der Waals surface area contributed by atoms with Crippen LogP contribution in [-0.2, 0) is 18.4 Å². The molecule has 0 aliphatic carbocycles. The van der Waals surface area contributed by atoms with Crippen molar-refractivity contribution in [3.8, 4) is 0 Å². The van der Waals surface area contributed by atoms with Gasteiger partial charge >= 0.3 is 5.97 Å². The summed E-state index contributed by atoms with van der Waals surface area (Å²) in [5, 5.41) is 0.0721. The summed E-state index contributed by atoms with van der Waals surface area (Å²) in [6.45, 7) is 22.4. The summed E-state index contributed by atoms with van der Waals surface area (Å²) >= 11 is 0. The molecule has 0 saturated carbocycles. The highest BCUT2D eigenvalue weighted by Crippen LogP contribution is 2.45. The lowest BCUT2D eigenvalue weighted by Gasteiger charge is -2.47. The molecule has 1 aromatic rings. The van der Waals surface area contributed by atoms with Crippen LogP contribution in [0.5, 0.6) is 0 Å². The second-order valence-electron chi connectivity index (χ2n) is 11.7. The van der Waals surface area contributed by atoms with Gasteiger partial charge in [0.1, 0.15) is 12.2 Å². The van der Waals surface area contributed by atoms with Gasteiger partial charge in [-0.15, -0.1) is 0 Å². The molecule has 3 atom stereocenters. The molecule has 0 unspecified atom stereocenters. The van der Waals surface area contributed by atoms with Gasteiger partial charge in [0.2, 0.25) is 0 Å². The molecule has 0 bridgehead atoms. The molecule has 4 nitrogen and oxygen atoms in total. The van der Waals surface area contributed by atoms with Crippen LogP contribution in [0, 0.1) is 0 Å². The number of esters is 1. The van der Waals surface area contributed by atoms with E-state index in [2.05, 4.69) is 79.9 Å². The minimum absolute atomic E-state index is 0.0258. The fraction of sp³-hybridized carbons (Fsp3) is 0.640. The molecule has 1 heterocycles. The van der Waals surface area contributed by atoms with Crippen molar-refractivity contribution in [2.75, 3.05) is 0 Å². The summed E-state index contributed by atoms with van der Waals surface area (Å²) in [7, 11) is -4.31. The van der Waals surface area contributed by atoms with E-state index in [0.29, 0.717) is 6.42 Å². The summed E-state index contributed by atoms with van der Waals surface area (Å²) in [5.74, 6) is -0.306. The third-order valence-electron chi connectivity index (χ3n) is 7.15. The van der Waals surface area contributed by atoms with Crippen molar-refractivity contribution >= 4 is 22.6 Å². The van der Waals surface area contributed by atoms with Crippen LogP contribution in [0.4, 0.5) is 0 Å². The molecule has 0 amide bonds. The predicted octanol–water partition coefficient (Wildman–Crippen LogP) is 7.01. The van der Waals surface area contributed by atoms with Crippen LogP contribution >= 0.6 is 0 Å². The highest BCUT2D eigenvalue weighted by molar-refractivity contribution is 6.74. The largest absolute Gasteiger partial charge is 0.456 e. The number of hydrogen-bond acceptors (Lipinski definition) is 4. The molecule has 6 heteroatoms. The van der Waals surface area contributed by atoms with Gasteiger partial charge in [0.05, 0.1) is 6.10 Å². The van der Waals surface area contributed by atoms with Crippen molar-refractivity contribution in [3.05, 3.63) is 48.0 Å². The van der Waals surface area contributed by atoms with Gasteiger partial charge in [0.25, 0.3) is 0 Å². The fourth-order valence-corrected chi connectivity index (χ4v) is 5.62. The Balaban J connectivity index is 2.57. The molecule has 0 fully saturated rings. The van der Waals surface area contributed by atoms with E-state index < -0.39 is 16.6 Å². The Labute approximate surface area is 191 Å². The van der Waals surface area contributed by atoms with Crippen LogP contribution in [0.25, 0.3) is 0 Å². The number of carbonyl (C=O) groups is 1. The number of cyclic esters (lactones) is 1. The molecule has 0 N–H and O–H groups in total. The minimum Gasteiger partial charge on any atom is -0.456 e. The zero-order valence-electron chi connectivity index (χ0n) is 21.1. The summed E-state index contributed by atoms with van der Waals surface area (Å²) in [6.07, 6.45) is 2.99. The average Bonchev–Trinajstić information content (AvgIpc) is 2.63. The van der Waals surface area contributed by atoms with E-state index in [0.717, 1.165) is 5.56 Å². The Morgan fingerprint density at radius 1 is 0.903 bits per heavy atom. The van der Waals surface area contributed by atoms with Gasteiger partial charge in [-0.1, -0.05) is 78.0 Å². The molecule has 2 rings (SSSR count). The summed E-state index contributed by atoms with van der Waals surface area (Å²) in [4.78, 5) is 12.2. The SMILES string of the molecule is CC(C)(C)[Si](C)(C)O[C@@H]([C@@H]1CC=CC(=O)O1)[C@H](O[Si](C)(C)C(C)(C)C)c1ccccc1. The zero-order valence-corrected chi connectivity index (χ0v) is 23.1. The second-order valence-corrected chi connectivity index (χ2v) is 21.2. The Bertz CT molecular complexity index is 773. The van der Waals surface area contributed by atoms with Crippen LogP contribution < -0.4 is 0 Å². The lowest BCUT2D eigenvalue weighted by Crippen LogP contribution is -2.53. The molecule has 174 valence electrons. The van der Waals surface area contributed by atoms with Crippen LogP contribution in [0.2, 0.25) is 36.3 Å². The third kappa shape index (κ3) is 6.40. The number of carbonyl (C=O) groups excluding carboxylic acids is 1. The van der Waals surface area contributed by atoms with Gasteiger partial charge in [0, 0.05) is 12.5 Å². The van der Waals surface area contributed by atoms with Crippen molar-refractivity contribution in [1.82, 2.24) is 0 Å². The number of hydrogen-bond donors (Lipinski definition) is 0. The summed E-state index contributed by atoms with van der Waals surface area (Å²) in [6, 6.07) is 10.3. The molecule has 31 heavy (non-hydrogen) atoms. The Hall–Kier alpha value is -1.22. The van der Waals surface area contributed by atoms with E-state index >= 15 is 0 Å². The molecule has 0 spiro atoms. The first kappa shape index (κ1) is 26.0. The van der Waals surface area contributed by atoms with Gasteiger partial charge in [-0.05, 0) is 41.8 Å². The first-order chi connectivity index (χ1) is 14.1. The van der Waals surface area contributed by atoms with Gasteiger partial charge in [-0.2, -0.15) is 0 Å². The number of ether oxygens (including phenoxy) is 1. The van der Waals surface area contributed by atoms with Crippen LogP contribution in [-0.4, -0.2) is 34.8 Å². The fourth-order valence-electron chi connectivity index (χ4n) is 3.05. The quantitative estimate of drug-likeness (QED) is 0.323. The summed E-state index contributed by atoms with van der Waals surface area (Å²) in [5.41, 5.74) is 1.07. The molecule has 1 aliphatic rings. The lowest BCUT2D eigenvalue weighted by molar-refractivity contribution is -0.153. The van der Waals surface area contributed by atoms with E-state index in [1.165, 1.54) is 6.08 Å². The monoisotopic (exact) mass is 462 g/mol.